The van der Waals surface area contributed by atoms with Gasteiger partial charge in [0, 0.05) is 18.0 Å². The molecule has 0 radical (unpaired) electrons. The van der Waals surface area contributed by atoms with Crippen molar-refractivity contribution in [3.63, 3.8) is 0 Å². The highest BCUT2D eigenvalue weighted by Crippen LogP contribution is 2.23. The third-order valence-electron chi connectivity index (χ3n) is 3.11. The van der Waals surface area contributed by atoms with Crippen molar-refractivity contribution in [1.29, 1.82) is 0 Å². The summed E-state index contributed by atoms with van der Waals surface area (Å²) in [5, 5.41) is 8.38. The Balaban J connectivity index is 1.86. The maximum absolute atomic E-state index is 6.15. The minimum atomic E-state index is 0.429. The molecule has 0 aliphatic rings. The van der Waals surface area contributed by atoms with Gasteiger partial charge in [-0.25, -0.2) is 19.6 Å². The SMILES string of the molecule is CCc1cc(Nc2cnn(-c3ncc(Cl)cc3Cl)c2)nc(C)n1. The molecule has 0 amide bonds. The fourth-order valence-corrected chi connectivity index (χ4v) is 2.57. The first-order valence-electron chi connectivity index (χ1n) is 7.03. The van der Waals surface area contributed by atoms with Crippen LogP contribution < -0.4 is 5.32 Å². The molecule has 1 N–H and O–H groups in total. The van der Waals surface area contributed by atoms with Crippen molar-refractivity contribution >= 4 is 34.7 Å². The van der Waals surface area contributed by atoms with Crippen LogP contribution in [-0.4, -0.2) is 24.7 Å². The molecule has 0 saturated carbocycles. The minimum Gasteiger partial charge on any atom is -0.338 e. The molecule has 118 valence electrons. The smallest absolute Gasteiger partial charge is 0.172 e. The molecular weight excluding hydrogens is 335 g/mol. The Morgan fingerprint density at radius 3 is 2.74 bits per heavy atom. The number of aromatic nitrogens is 5. The van der Waals surface area contributed by atoms with Crippen molar-refractivity contribution in [2.75, 3.05) is 5.32 Å². The third-order valence-corrected chi connectivity index (χ3v) is 3.60. The molecule has 8 heteroatoms. The van der Waals surface area contributed by atoms with Crippen LogP contribution in [0, 0.1) is 6.92 Å². The number of halogens is 2. The Kier molecular flexibility index (Phi) is 4.45. The Morgan fingerprint density at radius 2 is 2.00 bits per heavy atom. The van der Waals surface area contributed by atoms with Gasteiger partial charge in [0.2, 0.25) is 0 Å². The van der Waals surface area contributed by atoms with Crippen LogP contribution in [0.2, 0.25) is 10.0 Å². The van der Waals surface area contributed by atoms with E-state index >= 15 is 0 Å². The first-order valence-corrected chi connectivity index (χ1v) is 7.78. The predicted octanol–water partition coefficient (Wildman–Crippen LogP) is 3.98. The molecule has 3 aromatic rings. The molecule has 3 rings (SSSR count). The summed E-state index contributed by atoms with van der Waals surface area (Å²) >= 11 is 12.0. The van der Waals surface area contributed by atoms with Crippen LogP contribution in [0.4, 0.5) is 11.5 Å². The number of pyridine rings is 1. The van der Waals surface area contributed by atoms with Gasteiger partial charge in [0.15, 0.2) is 5.82 Å². The zero-order valence-corrected chi connectivity index (χ0v) is 14.1. The van der Waals surface area contributed by atoms with Crippen molar-refractivity contribution in [1.82, 2.24) is 24.7 Å². The molecular formula is C15H14Cl2N6. The Morgan fingerprint density at radius 1 is 1.17 bits per heavy atom. The largest absolute Gasteiger partial charge is 0.338 e. The second-order valence-corrected chi connectivity index (χ2v) is 5.75. The van der Waals surface area contributed by atoms with E-state index in [1.165, 1.54) is 6.20 Å². The number of anilines is 2. The van der Waals surface area contributed by atoms with Gasteiger partial charge in [-0.15, -0.1) is 0 Å². The maximum Gasteiger partial charge on any atom is 0.172 e. The summed E-state index contributed by atoms with van der Waals surface area (Å²) in [5.41, 5.74) is 1.76. The first-order chi connectivity index (χ1) is 11.0. The number of hydrogen-bond donors (Lipinski definition) is 1. The lowest BCUT2D eigenvalue weighted by Gasteiger charge is -2.06. The number of rotatable bonds is 4. The second-order valence-electron chi connectivity index (χ2n) is 4.90. The van der Waals surface area contributed by atoms with E-state index in [4.69, 9.17) is 23.2 Å². The van der Waals surface area contributed by atoms with Gasteiger partial charge in [0.25, 0.3) is 0 Å². The summed E-state index contributed by atoms with van der Waals surface area (Å²) in [6.45, 7) is 3.92. The highest BCUT2D eigenvalue weighted by Gasteiger charge is 2.08. The minimum absolute atomic E-state index is 0.429. The summed E-state index contributed by atoms with van der Waals surface area (Å²) in [5.74, 6) is 1.96. The standard InChI is InChI=1S/C15H14Cl2N6/c1-3-11-5-14(21-9(2)20-11)22-12-7-19-23(8-12)15-13(17)4-10(16)6-18-15/h4-8H,3H2,1-2H3,(H,20,21,22). The van der Waals surface area contributed by atoms with E-state index in [0.29, 0.717) is 15.9 Å². The highest BCUT2D eigenvalue weighted by atomic mass is 35.5. The second kappa shape index (κ2) is 6.52. The molecule has 23 heavy (non-hydrogen) atoms. The molecule has 0 spiro atoms. The zero-order chi connectivity index (χ0) is 16.4. The van der Waals surface area contributed by atoms with E-state index in [1.807, 2.05) is 13.0 Å². The summed E-state index contributed by atoms with van der Waals surface area (Å²) < 4.78 is 1.58. The average Bonchev–Trinajstić information content (AvgIpc) is 2.94. The topological polar surface area (TPSA) is 68.5 Å². The zero-order valence-electron chi connectivity index (χ0n) is 12.6. The lowest BCUT2D eigenvalue weighted by atomic mass is 10.3. The van der Waals surface area contributed by atoms with E-state index < -0.39 is 0 Å². The van der Waals surface area contributed by atoms with Crippen LogP contribution in [0.15, 0.2) is 30.7 Å². The predicted molar refractivity (Wildman–Crippen MR) is 90.8 cm³/mol. The Bertz CT molecular complexity index is 846. The maximum atomic E-state index is 6.15. The fraction of sp³-hybridized carbons (Fsp3) is 0.200. The number of hydrogen-bond acceptors (Lipinski definition) is 5. The van der Waals surface area contributed by atoms with Gasteiger partial charge < -0.3 is 5.32 Å². The number of nitrogens with one attached hydrogen (secondary N) is 1. The molecule has 0 saturated heterocycles. The fourth-order valence-electron chi connectivity index (χ4n) is 2.10. The van der Waals surface area contributed by atoms with Crippen LogP contribution in [0.5, 0.6) is 0 Å². The first kappa shape index (κ1) is 15.7. The van der Waals surface area contributed by atoms with Crippen LogP contribution in [0.25, 0.3) is 5.82 Å². The van der Waals surface area contributed by atoms with E-state index in [9.17, 15) is 0 Å². The molecule has 0 unspecified atom stereocenters. The molecule has 0 fully saturated rings. The van der Waals surface area contributed by atoms with Crippen LogP contribution in [-0.2, 0) is 6.42 Å². The van der Waals surface area contributed by atoms with Crippen molar-refractivity contribution in [3.05, 3.63) is 52.3 Å². The van der Waals surface area contributed by atoms with Gasteiger partial charge >= 0.3 is 0 Å². The number of aryl methyl sites for hydroxylation is 2. The Hall–Kier alpha value is -2.18. The van der Waals surface area contributed by atoms with Gasteiger partial charge in [0.1, 0.15) is 11.6 Å². The van der Waals surface area contributed by atoms with E-state index in [0.717, 1.165) is 29.4 Å². The van der Waals surface area contributed by atoms with Gasteiger partial charge in [-0.2, -0.15) is 5.10 Å². The molecule has 3 aromatic heterocycles. The molecule has 3 heterocycles. The van der Waals surface area contributed by atoms with E-state index in [2.05, 4.69) is 32.3 Å². The normalized spacial score (nSPS) is 10.8. The molecule has 0 aliphatic carbocycles. The van der Waals surface area contributed by atoms with Crippen LogP contribution in [0.3, 0.4) is 0 Å². The van der Waals surface area contributed by atoms with Crippen molar-refractivity contribution in [2.45, 2.75) is 20.3 Å². The van der Waals surface area contributed by atoms with Crippen LogP contribution >= 0.6 is 23.2 Å². The molecule has 6 nitrogen and oxygen atoms in total. The monoisotopic (exact) mass is 348 g/mol. The highest BCUT2D eigenvalue weighted by molar-refractivity contribution is 6.35. The van der Waals surface area contributed by atoms with Gasteiger partial charge in [-0.1, -0.05) is 30.1 Å². The summed E-state index contributed by atoms with van der Waals surface area (Å²) in [4.78, 5) is 12.9. The lowest BCUT2D eigenvalue weighted by molar-refractivity contribution is 0.847. The molecule has 0 bridgehead atoms. The van der Waals surface area contributed by atoms with Crippen molar-refractivity contribution in [3.8, 4) is 5.82 Å². The van der Waals surface area contributed by atoms with E-state index in [1.54, 1.807) is 23.1 Å². The van der Waals surface area contributed by atoms with Crippen LogP contribution in [0.1, 0.15) is 18.4 Å². The van der Waals surface area contributed by atoms with Crippen molar-refractivity contribution < 1.29 is 0 Å². The average molecular weight is 349 g/mol. The van der Waals surface area contributed by atoms with Gasteiger partial charge in [0.05, 0.1) is 28.1 Å². The quantitative estimate of drug-likeness (QED) is 0.772. The Labute approximate surface area is 143 Å². The van der Waals surface area contributed by atoms with Crippen molar-refractivity contribution in [2.24, 2.45) is 0 Å². The number of nitrogens with zero attached hydrogens (tertiary/aromatic N) is 5. The molecule has 0 aromatic carbocycles. The van der Waals surface area contributed by atoms with Gasteiger partial charge in [-0.05, 0) is 19.4 Å². The van der Waals surface area contributed by atoms with Gasteiger partial charge in [-0.3, -0.25) is 0 Å². The third kappa shape index (κ3) is 3.60. The summed E-state index contributed by atoms with van der Waals surface area (Å²) in [6.07, 6.45) is 5.83. The molecule has 0 atom stereocenters. The lowest BCUT2D eigenvalue weighted by Crippen LogP contribution is -2.00. The van der Waals surface area contributed by atoms with E-state index in [-0.39, 0.29) is 0 Å². The molecule has 0 aliphatic heterocycles. The summed E-state index contributed by atoms with van der Waals surface area (Å²) in [7, 11) is 0. The summed E-state index contributed by atoms with van der Waals surface area (Å²) in [6, 6.07) is 3.54.